The van der Waals surface area contributed by atoms with Gasteiger partial charge in [-0.2, -0.15) is 0 Å². The van der Waals surface area contributed by atoms with Crippen molar-refractivity contribution < 1.29 is 19.2 Å². The Morgan fingerprint density at radius 2 is 1.00 bits per heavy atom. The van der Waals surface area contributed by atoms with E-state index in [1.807, 2.05) is 67.6 Å². The zero-order valence-corrected chi connectivity index (χ0v) is 25.8. The Morgan fingerprint density at radius 1 is 0.636 bits per heavy atom. The zero-order chi connectivity index (χ0) is 31.6. The van der Waals surface area contributed by atoms with E-state index in [-0.39, 0.29) is 35.6 Å². The molecule has 0 spiro atoms. The van der Waals surface area contributed by atoms with Crippen LogP contribution >= 0.6 is 23.2 Å². The van der Waals surface area contributed by atoms with Crippen molar-refractivity contribution in [1.29, 1.82) is 0 Å². The van der Waals surface area contributed by atoms with E-state index in [0.29, 0.717) is 22.3 Å². The molecule has 2 aliphatic heterocycles. The predicted molar refractivity (Wildman–Crippen MR) is 173 cm³/mol. The lowest BCUT2D eigenvalue weighted by Crippen LogP contribution is -2.49. The maximum atomic E-state index is 12.6. The maximum Gasteiger partial charge on any atom is 0.262 e. The number of hydrogen-bond acceptors (Lipinski definition) is 4. The number of nitrogens with zero attached hydrogens (tertiary/aromatic N) is 2. The van der Waals surface area contributed by atoms with Crippen molar-refractivity contribution in [2.75, 3.05) is 5.88 Å². The Morgan fingerprint density at radius 3 is 1.41 bits per heavy atom. The van der Waals surface area contributed by atoms with E-state index in [1.165, 1.54) is 9.80 Å². The van der Waals surface area contributed by atoms with E-state index in [9.17, 15) is 19.2 Å². The molecule has 44 heavy (non-hydrogen) atoms. The lowest BCUT2D eigenvalue weighted by molar-refractivity contribution is 0.0561. The Hall–Kier alpha value is -4.52. The molecule has 222 valence electrons. The van der Waals surface area contributed by atoms with E-state index in [2.05, 4.69) is 6.58 Å². The number of imide groups is 2. The smallest absolute Gasteiger partial charge is 0.262 e. The highest BCUT2D eigenvalue weighted by Gasteiger charge is 2.47. The molecule has 0 saturated heterocycles. The van der Waals surface area contributed by atoms with Gasteiger partial charge in [0, 0.05) is 5.88 Å². The monoisotopic (exact) mass is 624 g/mol. The fourth-order valence-electron chi connectivity index (χ4n) is 5.52. The van der Waals surface area contributed by atoms with Gasteiger partial charge in [-0.15, -0.1) is 23.2 Å². The maximum absolute atomic E-state index is 12.6. The molecule has 3 atom stereocenters. The highest BCUT2D eigenvalue weighted by atomic mass is 35.5. The van der Waals surface area contributed by atoms with Crippen LogP contribution in [0.25, 0.3) is 5.57 Å². The topological polar surface area (TPSA) is 74.8 Å². The van der Waals surface area contributed by atoms with Crippen molar-refractivity contribution in [3.8, 4) is 0 Å². The average Bonchev–Trinajstić information content (AvgIpc) is 3.48. The van der Waals surface area contributed by atoms with Crippen LogP contribution in [0.3, 0.4) is 0 Å². The first kappa shape index (κ1) is 30.9. The molecule has 2 heterocycles. The highest BCUT2D eigenvalue weighted by molar-refractivity contribution is 6.32. The summed E-state index contributed by atoms with van der Waals surface area (Å²) >= 11 is 12.9. The van der Waals surface area contributed by atoms with Gasteiger partial charge < -0.3 is 0 Å². The van der Waals surface area contributed by atoms with Gasteiger partial charge in [0.15, 0.2) is 0 Å². The van der Waals surface area contributed by atoms with Gasteiger partial charge in [0.05, 0.1) is 34.3 Å². The van der Waals surface area contributed by atoms with Gasteiger partial charge in [0.2, 0.25) is 0 Å². The van der Waals surface area contributed by atoms with Crippen LogP contribution in [0.2, 0.25) is 0 Å². The molecule has 0 radical (unpaired) electrons. The minimum Gasteiger partial charge on any atom is -0.269 e. The number of alkyl halides is 2. The van der Waals surface area contributed by atoms with Crippen molar-refractivity contribution in [2.24, 2.45) is 0 Å². The number of amides is 4. The summed E-state index contributed by atoms with van der Waals surface area (Å²) in [4.78, 5) is 51.7. The number of halogens is 2. The minimum atomic E-state index is -1.05. The SMILES string of the molecule is C=C(c1ccccc1)C(C)N1C(=O)c2ccccc2C1=O.CC(N1C(=O)c2ccccc2C1=O)C(Cl)(CCl)c1ccccc1. The van der Waals surface area contributed by atoms with Crippen molar-refractivity contribution >= 4 is 52.4 Å². The van der Waals surface area contributed by atoms with Crippen LogP contribution in [0, 0.1) is 0 Å². The summed E-state index contributed by atoms with van der Waals surface area (Å²) in [5.41, 5.74) is 4.22. The van der Waals surface area contributed by atoms with Crippen molar-refractivity contribution in [1.82, 2.24) is 9.80 Å². The van der Waals surface area contributed by atoms with Gasteiger partial charge in [-0.05, 0) is 54.8 Å². The number of carbonyl (C=O) groups is 4. The number of fused-ring (bicyclic) bond motifs is 2. The molecule has 0 saturated carbocycles. The van der Waals surface area contributed by atoms with Crippen LogP contribution in [0.1, 0.15) is 66.4 Å². The summed E-state index contributed by atoms with van der Waals surface area (Å²) in [6, 6.07) is 31.6. The van der Waals surface area contributed by atoms with Crippen molar-refractivity contribution in [3.63, 3.8) is 0 Å². The first-order valence-corrected chi connectivity index (χ1v) is 15.0. The molecule has 2 aliphatic rings. The first-order chi connectivity index (χ1) is 21.1. The van der Waals surface area contributed by atoms with E-state index in [1.54, 1.807) is 55.5 Å². The van der Waals surface area contributed by atoms with Gasteiger partial charge >= 0.3 is 0 Å². The van der Waals surface area contributed by atoms with E-state index in [0.717, 1.165) is 16.7 Å². The predicted octanol–water partition coefficient (Wildman–Crippen LogP) is 7.43. The number of hydrogen-bond donors (Lipinski definition) is 0. The van der Waals surface area contributed by atoms with E-state index in [4.69, 9.17) is 23.2 Å². The van der Waals surface area contributed by atoms with Crippen LogP contribution in [0.4, 0.5) is 0 Å². The second kappa shape index (κ2) is 12.6. The average molecular weight is 626 g/mol. The molecular formula is C36H30Cl2N2O4. The van der Waals surface area contributed by atoms with Crippen LogP contribution in [-0.2, 0) is 4.87 Å². The lowest BCUT2D eigenvalue weighted by Gasteiger charge is -2.36. The van der Waals surface area contributed by atoms with Crippen molar-refractivity contribution in [2.45, 2.75) is 30.8 Å². The molecular weight excluding hydrogens is 595 g/mol. The number of rotatable bonds is 7. The fraction of sp³-hybridized carbons (Fsp3) is 0.167. The molecule has 0 fully saturated rings. The van der Waals surface area contributed by atoms with E-state index >= 15 is 0 Å². The molecule has 4 aromatic rings. The lowest BCUT2D eigenvalue weighted by atomic mass is 9.92. The van der Waals surface area contributed by atoms with Crippen molar-refractivity contribution in [3.05, 3.63) is 149 Å². The van der Waals surface area contributed by atoms with Crippen LogP contribution in [-0.4, -0.2) is 51.4 Å². The summed E-state index contributed by atoms with van der Waals surface area (Å²) in [6.45, 7) is 7.64. The third-order valence-corrected chi connectivity index (χ3v) is 9.41. The number of benzene rings is 4. The molecule has 0 aromatic heterocycles. The Labute approximate surface area is 266 Å². The normalized spacial score (nSPS) is 16.5. The summed E-state index contributed by atoms with van der Waals surface area (Å²) in [6.07, 6.45) is 0. The third-order valence-electron chi connectivity index (χ3n) is 8.18. The summed E-state index contributed by atoms with van der Waals surface area (Å²) < 4.78 is 0. The van der Waals surface area contributed by atoms with Gasteiger partial charge in [-0.1, -0.05) is 91.5 Å². The second-order valence-electron chi connectivity index (χ2n) is 10.7. The quantitative estimate of drug-likeness (QED) is 0.158. The second-order valence-corrected chi connectivity index (χ2v) is 11.6. The third kappa shape index (κ3) is 5.36. The largest absolute Gasteiger partial charge is 0.269 e. The number of carbonyl (C=O) groups excluding carboxylic acids is 4. The van der Waals surface area contributed by atoms with Crippen LogP contribution in [0.15, 0.2) is 116 Å². The van der Waals surface area contributed by atoms with Gasteiger partial charge in [0.25, 0.3) is 23.6 Å². The molecule has 0 aliphatic carbocycles. The zero-order valence-electron chi connectivity index (χ0n) is 24.2. The molecule has 6 nitrogen and oxygen atoms in total. The molecule has 8 heteroatoms. The molecule has 3 unspecified atom stereocenters. The summed E-state index contributed by atoms with van der Waals surface area (Å²) in [5, 5.41) is 0. The van der Waals surface area contributed by atoms with Crippen LogP contribution < -0.4 is 0 Å². The molecule has 0 bridgehead atoms. The Kier molecular flexibility index (Phi) is 8.86. The highest BCUT2D eigenvalue weighted by Crippen LogP contribution is 2.39. The summed E-state index contributed by atoms with van der Waals surface area (Å²) in [7, 11) is 0. The molecule has 0 N–H and O–H groups in total. The van der Waals surface area contributed by atoms with Gasteiger partial charge in [0.1, 0.15) is 4.87 Å². The fourth-order valence-corrected chi connectivity index (χ4v) is 6.12. The Balaban J connectivity index is 0.000000175. The molecule has 6 rings (SSSR count). The standard InChI is InChI=1S/C18H15Cl2NO2.C18H15NO2/c1-12(18(20,11-19)13-7-3-2-4-8-13)21-16(22)14-9-5-6-10-15(14)17(21)23;1-12(14-8-4-3-5-9-14)13(2)19-17(20)15-10-6-7-11-16(15)18(19)21/h2-10,12H,11H2,1H3;3-11,13H,1H2,2H3. The van der Waals surface area contributed by atoms with Gasteiger partial charge in [-0.25, -0.2) is 0 Å². The molecule has 4 aromatic carbocycles. The van der Waals surface area contributed by atoms with Crippen LogP contribution in [0.5, 0.6) is 0 Å². The first-order valence-electron chi connectivity index (χ1n) is 14.1. The van der Waals surface area contributed by atoms with Gasteiger partial charge in [-0.3, -0.25) is 29.0 Å². The molecule has 4 amide bonds. The van der Waals surface area contributed by atoms with E-state index < -0.39 is 10.9 Å². The minimum absolute atomic E-state index is 0.0765. The Bertz CT molecular complexity index is 1690. The summed E-state index contributed by atoms with van der Waals surface area (Å²) in [5.74, 6) is -1.08.